The minimum Gasteiger partial charge on any atom is -0.465 e. The molecule has 52 valence electrons. The van der Waals surface area contributed by atoms with Crippen LogP contribution in [0.5, 0.6) is 0 Å². The van der Waals surface area contributed by atoms with Crippen LogP contribution in [0, 0.1) is 0 Å². The highest BCUT2D eigenvalue weighted by molar-refractivity contribution is 5.76. The summed E-state index contributed by atoms with van der Waals surface area (Å²) in [4.78, 5) is 0. The maximum atomic E-state index is 7.98. The maximum absolute atomic E-state index is 7.98. The summed E-state index contributed by atoms with van der Waals surface area (Å²) in [7, 11) is 0. The number of nitrogens with zero attached hydrogens (tertiary/aromatic N) is 1. The van der Waals surface area contributed by atoms with E-state index in [1.165, 1.54) is 6.21 Å². The van der Waals surface area contributed by atoms with Crippen LogP contribution >= 0.6 is 0 Å². The molecule has 0 radical (unpaired) electrons. The van der Waals surface area contributed by atoms with Crippen molar-refractivity contribution in [1.29, 1.82) is 0 Å². The minimum atomic E-state index is 0.736. The fourth-order valence-corrected chi connectivity index (χ4v) is 0.562. The third kappa shape index (κ3) is 1.78. The third-order valence-electron chi connectivity index (χ3n) is 0.956. The van der Waals surface area contributed by atoms with Gasteiger partial charge in [0.2, 0.25) is 0 Å². The van der Waals surface area contributed by atoms with Crippen molar-refractivity contribution < 1.29 is 9.62 Å². The first-order valence-corrected chi connectivity index (χ1v) is 2.81. The molecule has 0 aromatic carbocycles. The molecule has 0 atom stereocenters. The van der Waals surface area contributed by atoms with Crippen LogP contribution in [-0.4, -0.2) is 11.4 Å². The Hall–Kier alpha value is -1.51. The molecular formula is C7H7NO2. The smallest absolute Gasteiger partial charge is 0.126 e. The van der Waals surface area contributed by atoms with E-state index in [0.29, 0.717) is 0 Å². The van der Waals surface area contributed by atoms with Gasteiger partial charge in [-0.1, -0.05) is 5.16 Å². The summed E-state index contributed by atoms with van der Waals surface area (Å²) in [5.41, 5.74) is 0. The van der Waals surface area contributed by atoms with Crippen molar-refractivity contribution in [2.24, 2.45) is 5.16 Å². The number of oxime groups is 1. The highest BCUT2D eigenvalue weighted by Gasteiger charge is 1.83. The molecule has 1 aromatic rings. The summed E-state index contributed by atoms with van der Waals surface area (Å²) in [6.07, 6.45) is 6.12. The van der Waals surface area contributed by atoms with Crippen LogP contribution in [0.2, 0.25) is 0 Å². The van der Waals surface area contributed by atoms with E-state index in [0.717, 1.165) is 5.76 Å². The van der Waals surface area contributed by atoms with Gasteiger partial charge in [0.1, 0.15) is 5.76 Å². The summed E-state index contributed by atoms with van der Waals surface area (Å²) in [5, 5.41) is 10.8. The second kappa shape index (κ2) is 3.50. The van der Waals surface area contributed by atoms with Crippen LogP contribution in [0.25, 0.3) is 6.08 Å². The molecule has 10 heavy (non-hydrogen) atoms. The number of hydrogen-bond acceptors (Lipinski definition) is 3. The van der Waals surface area contributed by atoms with Gasteiger partial charge in [0, 0.05) is 0 Å². The largest absolute Gasteiger partial charge is 0.465 e. The zero-order valence-corrected chi connectivity index (χ0v) is 5.27. The SMILES string of the molecule is O/N=C/C=C/c1ccco1. The average molecular weight is 137 g/mol. The molecule has 1 aromatic heterocycles. The molecule has 0 aliphatic rings. The van der Waals surface area contributed by atoms with Crippen LogP contribution in [-0.2, 0) is 0 Å². The summed E-state index contributed by atoms with van der Waals surface area (Å²) < 4.78 is 4.95. The fourth-order valence-electron chi connectivity index (χ4n) is 0.562. The Morgan fingerprint density at radius 1 is 1.60 bits per heavy atom. The normalized spacial score (nSPS) is 11.6. The third-order valence-corrected chi connectivity index (χ3v) is 0.956. The summed E-state index contributed by atoms with van der Waals surface area (Å²) in [5.74, 6) is 0.736. The minimum absolute atomic E-state index is 0.736. The lowest BCUT2D eigenvalue weighted by atomic mass is 10.4. The summed E-state index contributed by atoms with van der Waals surface area (Å²) in [6.45, 7) is 0. The van der Waals surface area contributed by atoms with E-state index in [9.17, 15) is 0 Å². The first-order valence-electron chi connectivity index (χ1n) is 2.81. The van der Waals surface area contributed by atoms with E-state index in [2.05, 4.69) is 5.16 Å². The van der Waals surface area contributed by atoms with Gasteiger partial charge < -0.3 is 9.62 Å². The van der Waals surface area contributed by atoms with E-state index in [-0.39, 0.29) is 0 Å². The van der Waals surface area contributed by atoms with Crippen LogP contribution < -0.4 is 0 Å². The highest BCUT2D eigenvalue weighted by atomic mass is 16.4. The number of hydrogen-bond donors (Lipinski definition) is 1. The molecule has 0 bridgehead atoms. The van der Waals surface area contributed by atoms with Gasteiger partial charge in [-0.05, 0) is 24.3 Å². The summed E-state index contributed by atoms with van der Waals surface area (Å²) >= 11 is 0. The second-order valence-electron chi connectivity index (χ2n) is 1.64. The molecule has 0 spiro atoms. The van der Waals surface area contributed by atoms with Gasteiger partial charge in [-0.25, -0.2) is 0 Å². The molecule has 0 amide bonds. The lowest BCUT2D eigenvalue weighted by Crippen LogP contribution is -1.63. The number of furan rings is 1. The van der Waals surface area contributed by atoms with E-state index in [1.54, 1.807) is 24.5 Å². The van der Waals surface area contributed by atoms with Crippen molar-refractivity contribution in [1.82, 2.24) is 0 Å². The lowest BCUT2D eigenvalue weighted by molar-refractivity contribution is 0.322. The molecule has 3 heteroatoms. The molecule has 0 aliphatic carbocycles. The van der Waals surface area contributed by atoms with Crippen molar-refractivity contribution in [3.05, 3.63) is 30.2 Å². The van der Waals surface area contributed by atoms with E-state index < -0.39 is 0 Å². The van der Waals surface area contributed by atoms with Gasteiger partial charge in [0.05, 0.1) is 12.5 Å². The van der Waals surface area contributed by atoms with Crippen molar-refractivity contribution >= 4 is 12.3 Å². The van der Waals surface area contributed by atoms with E-state index >= 15 is 0 Å². The van der Waals surface area contributed by atoms with Crippen molar-refractivity contribution in [2.75, 3.05) is 0 Å². The second-order valence-corrected chi connectivity index (χ2v) is 1.64. The van der Waals surface area contributed by atoms with Gasteiger partial charge in [0.25, 0.3) is 0 Å². The Kier molecular flexibility index (Phi) is 2.31. The molecule has 0 aliphatic heterocycles. The van der Waals surface area contributed by atoms with Crippen LogP contribution in [0.15, 0.2) is 34.0 Å². The van der Waals surface area contributed by atoms with E-state index in [1.807, 2.05) is 6.07 Å². The Balaban J connectivity index is 2.55. The van der Waals surface area contributed by atoms with E-state index in [4.69, 9.17) is 9.62 Å². The fraction of sp³-hybridized carbons (Fsp3) is 0. The standard InChI is InChI=1S/C7H7NO2/c9-8-5-1-3-7-4-2-6-10-7/h1-6,9H/b3-1+,8-5+. The van der Waals surface area contributed by atoms with Crippen LogP contribution in [0.4, 0.5) is 0 Å². The maximum Gasteiger partial charge on any atom is 0.126 e. The van der Waals surface area contributed by atoms with Crippen molar-refractivity contribution in [3.63, 3.8) is 0 Å². The topological polar surface area (TPSA) is 45.7 Å². The molecule has 1 heterocycles. The predicted octanol–water partition coefficient (Wildman–Crippen LogP) is 1.75. The molecule has 0 fully saturated rings. The Labute approximate surface area is 58.3 Å². The summed E-state index contributed by atoms with van der Waals surface area (Å²) in [6, 6.07) is 3.59. The Morgan fingerprint density at radius 2 is 2.50 bits per heavy atom. The molecule has 0 unspecified atom stereocenters. The first-order chi connectivity index (χ1) is 4.93. The van der Waals surface area contributed by atoms with Gasteiger partial charge in [-0.2, -0.15) is 0 Å². The molecule has 1 N–H and O–H groups in total. The number of allylic oxidation sites excluding steroid dienone is 1. The molecule has 3 nitrogen and oxygen atoms in total. The van der Waals surface area contributed by atoms with Gasteiger partial charge in [-0.15, -0.1) is 0 Å². The Morgan fingerprint density at radius 3 is 3.10 bits per heavy atom. The molecule has 1 rings (SSSR count). The molecule has 0 saturated carbocycles. The van der Waals surface area contributed by atoms with Gasteiger partial charge in [0.15, 0.2) is 0 Å². The zero-order valence-electron chi connectivity index (χ0n) is 5.27. The molecule has 0 saturated heterocycles. The zero-order chi connectivity index (χ0) is 7.23. The highest BCUT2D eigenvalue weighted by Crippen LogP contribution is 2.00. The van der Waals surface area contributed by atoms with Crippen molar-refractivity contribution in [2.45, 2.75) is 0 Å². The quantitative estimate of drug-likeness (QED) is 0.383. The Bertz CT molecular complexity index is 224. The predicted molar refractivity (Wildman–Crippen MR) is 38.0 cm³/mol. The monoisotopic (exact) mass is 137 g/mol. The lowest BCUT2D eigenvalue weighted by Gasteiger charge is -1.77. The molecular weight excluding hydrogens is 130 g/mol. The average Bonchev–Trinajstić information content (AvgIpc) is 2.41. The van der Waals surface area contributed by atoms with Gasteiger partial charge in [-0.3, -0.25) is 0 Å². The number of rotatable bonds is 2. The van der Waals surface area contributed by atoms with Crippen LogP contribution in [0.1, 0.15) is 5.76 Å². The van der Waals surface area contributed by atoms with Crippen molar-refractivity contribution in [3.8, 4) is 0 Å². The first kappa shape index (κ1) is 6.61. The van der Waals surface area contributed by atoms with Gasteiger partial charge >= 0.3 is 0 Å². The van der Waals surface area contributed by atoms with Crippen LogP contribution in [0.3, 0.4) is 0 Å².